The van der Waals surface area contributed by atoms with E-state index >= 15 is 0 Å². The number of halogens is 1. The first-order valence-electron chi connectivity index (χ1n) is 6.23. The second kappa shape index (κ2) is 4.50. The number of hydrogen-bond acceptors (Lipinski definition) is 4. The van der Waals surface area contributed by atoms with Crippen molar-refractivity contribution in [2.45, 2.75) is 16.9 Å². The molecule has 0 saturated carbocycles. The number of imide groups is 1. The molecule has 1 aromatic carbocycles. The van der Waals surface area contributed by atoms with Crippen LogP contribution >= 0.6 is 0 Å². The van der Waals surface area contributed by atoms with E-state index in [1.54, 1.807) is 0 Å². The molecule has 1 aromatic rings. The van der Waals surface area contributed by atoms with Gasteiger partial charge in [-0.15, -0.1) is 0 Å². The number of nitrogens with zero attached hydrogens (tertiary/aromatic N) is 1. The van der Waals surface area contributed by atoms with Crippen molar-refractivity contribution in [1.29, 1.82) is 0 Å². The maximum absolute atomic E-state index is 13.2. The van der Waals surface area contributed by atoms with E-state index < -0.39 is 33.3 Å². The molecule has 3 rings (SSSR count). The zero-order valence-corrected chi connectivity index (χ0v) is 11.6. The highest BCUT2D eigenvalue weighted by molar-refractivity contribution is 7.89. The van der Waals surface area contributed by atoms with Crippen LogP contribution in [0.4, 0.5) is 9.18 Å². The smallest absolute Gasteiger partial charge is 0.322 e. The van der Waals surface area contributed by atoms with Crippen molar-refractivity contribution < 1.29 is 22.4 Å². The zero-order chi connectivity index (χ0) is 15.3. The molecule has 112 valence electrons. The molecule has 0 aromatic heterocycles. The molecule has 2 heterocycles. The highest BCUT2D eigenvalue weighted by Gasteiger charge is 2.53. The average Bonchev–Trinajstić information content (AvgIpc) is 2.95. The lowest BCUT2D eigenvalue weighted by Gasteiger charge is -2.21. The summed E-state index contributed by atoms with van der Waals surface area (Å²) in [5, 5.41) is 4.56. The van der Waals surface area contributed by atoms with E-state index in [4.69, 9.17) is 0 Å². The Morgan fingerprint density at radius 2 is 2.05 bits per heavy atom. The van der Waals surface area contributed by atoms with Crippen molar-refractivity contribution in [2.75, 3.05) is 13.1 Å². The summed E-state index contributed by atoms with van der Waals surface area (Å²) < 4.78 is 39.1. The number of rotatable bonds is 2. The Hall–Kier alpha value is -2.00. The molecule has 9 heteroatoms. The van der Waals surface area contributed by atoms with Crippen LogP contribution in [-0.2, 0) is 14.8 Å². The summed E-state index contributed by atoms with van der Waals surface area (Å²) in [5.74, 6) is -1.19. The highest BCUT2D eigenvalue weighted by Crippen LogP contribution is 2.29. The van der Waals surface area contributed by atoms with Gasteiger partial charge in [0.1, 0.15) is 11.4 Å². The number of carbonyl (C=O) groups excluding carboxylic acids is 2. The summed E-state index contributed by atoms with van der Waals surface area (Å²) in [6, 6.07) is 4.03. The minimum atomic E-state index is -3.90. The third kappa shape index (κ3) is 2.18. The average molecular weight is 313 g/mol. The fourth-order valence-electron chi connectivity index (χ4n) is 2.57. The molecule has 0 aliphatic carbocycles. The first-order valence-corrected chi connectivity index (χ1v) is 7.67. The normalized spacial score (nSPS) is 26.1. The predicted octanol–water partition coefficient (Wildman–Crippen LogP) is -0.202. The van der Waals surface area contributed by atoms with Crippen molar-refractivity contribution in [3.63, 3.8) is 0 Å². The third-order valence-electron chi connectivity index (χ3n) is 3.68. The van der Waals surface area contributed by atoms with E-state index in [2.05, 4.69) is 10.6 Å². The van der Waals surface area contributed by atoms with Gasteiger partial charge in [-0.05, 0) is 24.6 Å². The summed E-state index contributed by atoms with van der Waals surface area (Å²) in [6.07, 6.45) is 0.180. The standard InChI is InChI=1S/C12H12FN3O4S/c13-8-2-1-3-9(6-8)21(19,20)16-5-4-12(7-16)10(17)14-11(18)15-12/h1-3,6H,4-5,7H2,(H2,14,15,17,18). The maximum atomic E-state index is 13.2. The van der Waals surface area contributed by atoms with Gasteiger partial charge < -0.3 is 5.32 Å². The summed E-state index contributed by atoms with van der Waals surface area (Å²) in [4.78, 5) is 22.8. The Bertz CT molecular complexity index is 736. The Morgan fingerprint density at radius 1 is 1.29 bits per heavy atom. The molecule has 2 aliphatic rings. The van der Waals surface area contributed by atoms with Crippen LogP contribution in [-0.4, -0.2) is 43.3 Å². The van der Waals surface area contributed by atoms with Crippen LogP contribution in [0.15, 0.2) is 29.2 Å². The van der Waals surface area contributed by atoms with Gasteiger partial charge in [-0.1, -0.05) is 6.07 Å². The number of benzene rings is 1. The van der Waals surface area contributed by atoms with E-state index in [1.807, 2.05) is 0 Å². The molecule has 0 radical (unpaired) electrons. The van der Waals surface area contributed by atoms with Gasteiger partial charge in [0.15, 0.2) is 0 Å². The largest absolute Gasteiger partial charge is 0.322 e. The fourth-order valence-corrected chi connectivity index (χ4v) is 4.10. The Morgan fingerprint density at radius 3 is 2.67 bits per heavy atom. The number of nitrogens with one attached hydrogen (secondary N) is 2. The predicted molar refractivity (Wildman–Crippen MR) is 69.2 cm³/mol. The first kappa shape index (κ1) is 14.0. The van der Waals surface area contributed by atoms with Crippen LogP contribution in [0.25, 0.3) is 0 Å². The van der Waals surface area contributed by atoms with Gasteiger partial charge in [-0.25, -0.2) is 17.6 Å². The first-order chi connectivity index (χ1) is 9.83. The van der Waals surface area contributed by atoms with Crippen LogP contribution in [0.5, 0.6) is 0 Å². The Labute approximate surface area is 120 Å². The van der Waals surface area contributed by atoms with Crippen LogP contribution in [0.1, 0.15) is 6.42 Å². The molecular weight excluding hydrogens is 301 g/mol. The molecule has 3 amide bonds. The second-order valence-corrected chi connectivity index (χ2v) is 6.97. The van der Waals surface area contributed by atoms with Crippen molar-refractivity contribution in [1.82, 2.24) is 14.9 Å². The number of carbonyl (C=O) groups is 2. The molecule has 7 nitrogen and oxygen atoms in total. The quantitative estimate of drug-likeness (QED) is 0.739. The maximum Gasteiger partial charge on any atom is 0.322 e. The summed E-state index contributed by atoms with van der Waals surface area (Å²) >= 11 is 0. The van der Waals surface area contributed by atoms with Gasteiger partial charge in [-0.3, -0.25) is 10.1 Å². The second-order valence-electron chi connectivity index (χ2n) is 5.04. The number of sulfonamides is 1. The number of hydrogen-bond donors (Lipinski definition) is 2. The third-order valence-corrected chi connectivity index (χ3v) is 5.52. The van der Waals surface area contributed by atoms with Crippen molar-refractivity contribution in [3.8, 4) is 0 Å². The van der Waals surface area contributed by atoms with E-state index in [0.717, 1.165) is 16.4 Å². The lowest BCUT2D eigenvalue weighted by atomic mass is 10.00. The Kier molecular flexibility index (Phi) is 2.99. The molecule has 1 atom stereocenters. The van der Waals surface area contributed by atoms with Crippen LogP contribution in [0.3, 0.4) is 0 Å². The molecule has 2 fully saturated rings. The summed E-state index contributed by atoms with van der Waals surface area (Å²) in [5.41, 5.74) is -1.22. The van der Waals surface area contributed by atoms with Gasteiger partial charge >= 0.3 is 6.03 Å². The van der Waals surface area contributed by atoms with Gasteiger partial charge in [-0.2, -0.15) is 4.31 Å². The van der Waals surface area contributed by atoms with Crippen molar-refractivity contribution >= 4 is 22.0 Å². The van der Waals surface area contributed by atoms with E-state index in [1.165, 1.54) is 12.1 Å². The van der Waals surface area contributed by atoms with Crippen LogP contribution in [0, 0.1) is 5.82 Å². The minimum Gasteiger partial charge on any atom is -0.322 e. The molecule has 2 saturated heterocycles. The SMILES string of the molecule is O=C1NC(=O)C2(CCN(S(=O)(=O)c3cccc(F)c3)C2)N1. The van der Waals surface area contributed by atoms with Crippen LogP contribution in [0.2, 0.25) is 0 Å². The molecule has 2 aliphatic heterocycles. The van der Waals surface area contributed by atoms with E-state index in [-0.39, 0.29) is 24.4 Å². The van der Waals surface area contributed by atoms with E-state index in [9.17, 15) is 22.4 Å². The van der Waals surface area contributed by atoms with Crippen LogP contribution < -0.4 is 10.6 Å². The number of amides is 3. The molecule has 2 N–H and O–H groups in total. The number of urea groups is 1. The minimum absolute atomic E-state index is 0.0759. The van der Waals surface area contributed by atoms with Gasteiger partial charge in [0, 0.05) is 13.1 Å². The van der Waals surface area contributed by atoms with Gasteiger partial charge in [0.2, 0.25) is 10.0 Å². The Balaban J connectivity index is 1.89. The van der Waals surface area contributed by atoms with Crippen molar-refractivity contribution in [2.24, 2.45) is 0 Å². The van der Waals surface area contributed by atoms with E-state index in [0.29, 0.717) is 0 Å². The lowest BCUT2D eigenvalue weighted by Crippen LogP contribution is -2.49. The van der Waals surface area contributed by atoms with Gasteiger partial charge in [0.25, 0.3) is 5.91 Å². The lowest BCUT2D eigenvalue weighted by molar-refractivity contribution is -0.123. The molecule has 0 bridgehead atoms. The van der Waals surface area contributed by atoms with Crippen molar-refractivity contribution in [3.05, 3.63) is 30.1 Å². The van der Waals surface area contributed by atoms with Gasteiger partial charge in [0.05, 0.1) is 4.90 Å². The summed E-state index contributed by atoms with van der Waals surface area (Å²) in [6.45, 7) is -0.0873. The molecule has 21 heavy (non-hydrogen) atoms. The fraction of sp³-hybridized carbons (Fsp3) is 0.333. The monoisotopic (exact) mass is 313 g/mol. The highest BCUT2D eigenvalue weighted by atomic mass is 32.2. The molecular formula is C12H12FN3O4S. The molecule has 1 unspecified atom stereocenters. The topological polar surface area (TPSA) is 95.6 Å². The zero-order valence-electron chi connectivity index (χ0n) is 10.8. The molecule has 1 spiro atoms. The summed E-state index contributed by atoms with van der Waals surface area (Å²) in [7, 11) is -3.90.